The average molecular weight is 244 g/mol. The van der Waals surface area contributed by atoms with Gasteiger partial charge in [-0.2, -0.15) is 13.2 Å². The van der Waals surface area contributed by atoms with Gasteiger partial charge in [-0.1, -0.05) is 0 Å². The van der Waals surface area contributed by atoms with Gasteiger partial charge in [-0.15, -0.1) is 12.4 Å². The van der Waals surface area contributed by atoms with Crippen molar-refractivity contribution in [3.8, 4) is 0 Å². The molecule has 0 unspecified atom stereocenters. The average Bonchev–Trinajstić information content (AvgIpc) is 2.02. The van der Waals surface area contributed by atoms with E-state index >= 15 is 0 Å². The standard InChI is InChI=1S/C9H9F4N.ClH/c10-8-4-6(1-2-14)3-7(5-8)9(11,12)13;/h3-5H,1-2,14H2;1H. The van der Waals surface area contributed by atoms with E-state index in [1.54, 1.807) is 0 Å². The SMILES string of the molecule is Cl.NCCc1cc(F)cc(C(F)(F)F)c1. The first-order valence-corrected chi connectivity index (χ1v) is 4.00. The fourth-order valence-electron chi connectivity index (χ4n) is 1.13. The first-order valence-electron chi connectivity index (χ1n) is 4.00. The van der Waals surface area contributed by atoms with Crippen LogP contribution in [0, 0.1) is 5.82 Å². The highest BCUT2D eigenvalue weighted by molar-refractivity contribution is 5.85. The number of nitrogens with two attached hydrogens (primary N) is 1. The van der Waals surface area contributed by atoms with Crippen molar-refractivity contribution in [3.63, 3.8) is 0 Å². The zero-order chi connectivity index (χ0) is 10.8. The van der Waals surface area contributed by atoms with Crippen LogP contribution in [-0.4, -0.2) is 6.54 Å². The van der Waals surface area contributed by atoms with Crippen LogP contribution in [0.15, 0.2) is 18.2 Å². The van der Waals surface area contributed by atoms with Gasteiger partial charge in [0.25, 0.3) is 0 Å². The van der Waals surface area contributed by atoms with Gasteiger partial charge in [0.2, 0.25) is 0 Å². The second-order valence-electron chi connectivity index (χ2n) is 2.88. The van der Waals surface area contributed by atoms with Crippen molar-refractivity contribution < 1.29 is 17.6 Å². The molecule has 1 aromatic carbocycles. The number of alkyl halides is 3. The highest BCUT2D eigenvalue weighted by Gasteiger charge is 2.31. The second-order valence-corrected chi connectivity index (χ2v) is 2.88. The number of halogens is 5. The summed E-state index contributed by atoms with van der Waals surface area (Å²) in [5, 5.41) is 0. The molecule has 0 aliphatic heterocycles. The summed E-state index contributed by atoms with van der Waals surface area (Å²) in [5.41, 5.74) is 4.46. The molecule has 0 aliphatic rings. The monoisotopic (exact) mass is 243 g/mol. The van der Waals surface area contributed by atoms with Crippen LogP contribution in [0.3, 0.4) is 0 Å². The van der Waals surface area contributed by atoms with Gasteiger partial charge in [0.15, 0.2) is 0 Å². The van der Waals surface area contributed by atoms with Crippen molar-refractivity contribution >= 4 is 12.4 Å². The second kappa shape index (κ2) is 5.32. The molecule has 0 spiro atoms. The van der Waals surface area contributed by atoms with E-state index in [-0.39, 0.29) is 30.9 Å². The zero-order valence-corrected chi connectivity index (χ0v) is 8.46. The predicted molar refractivity (Wildman–Crippen MR) is 51.4 cm³/mol. The Balaban J connectivity index is 0.00000196. The van der Waals surface area contributed by atoms with E-state index in [0.717, 1.165) is 12.1 Å². The Kier molecular flexibility index (Phi) is 5.03. The number of hydrogen-bond donors (Lipinski definition) is 1. The Labute approximate surface area is 90.7 Å². The summed E-state index contributed by atoms with van der Waals surface area (Å²) in [6.45, 7) is 0.195. The molecule has 0 atom stereocenters. The van der Waals surface area contributed by atoms with Crippen LogP contribution < -0.4 is 5.73 Å². The maximum Gasteiger partial charge on any atom is 0.416 e. The van der Waals surface area contributed by atoms with Gasteiger partial charge in [0, 0.05) is 0 Å². The van der Waals surface area contributed by atoms with Gasteiger partial charge < -0.3 is 5.73 Å². The number of benzene rings is 1. The lowest BCUT2D eigenvalue weighted by atomic mass is 10.1. The minimum Gasteiger partial charge on any atom is -0.330 e. The van der Waals surface area contributed by atoms with Crippen LogP contribution in [-0.2, 0) is 12.6 Å². The number of hydrogen-bond acceptors (Lipinski definition) is 1. The molecule has 0 saturated heterocycles. The molecule has 2 N–H and O–H groups in total. The van der Waals surface area contributed by atoms with Crippen LogP contribution in [0.4, 0.5) is 17.6 Å². The largest absolute Gasteiger partial charge is 0.416 e. The van der Waals surface area contributed by atoms with E-state index in [1.807, 2.05) is 0 Å². The van der Waals surface area contributed by atoms with Crippen LogP contribution in [0.1, 0.15) is 11.1 Å². The zero-order valence-electron chi connectivity index (χ0n) is 7.64. The lowest BCUT2D eigenvalue weighted by Gasteiger charge is -2.08. The summed E-state index contributed by atoms with van der Waals surface area (Å²) < 4.78 is 49.3. The molecule has 6 heteroatoms. The van der Waals surface area contributed by atoms with E-state index in [0.29, 0.717) is 6.07 Å². The van der Waals surface area contributed by atoms with Crippen molar-refractivity contribution in [3.05, 3.63) is 35.1 Å². The minimum atomic E-state index is -4.51. The third-order valence-electron chi connectivity index (χ3n) is 1.72. The molecular formula is C9H10ClF4N. The first kappa shape index (κ1) is 14.2. The first-order chi connectivity index (χ1) is 6.43. The van der Waals surface area contributed by atoms with Gasteiger partial charge >= 0.3 is 6.18 Å². The molecule has 0 heterocycles. The van der Waals surface area contributed by atoms with Gasteiger partial charge in [0.05, 0.1) is 5.56 Å². The van der Waals surface area contributed by atoms with E-state index in [4.69, 9.17) is 5.73 Å². The summed E-state index contributed by atoms with van der Waals surface area (Å²) in [6.07, 6.45) is -4.27. The van der Waals surface area contributed by atoms with E-state index in [9.17, 15) is 17.6 Å². The summed E-state index contributed by atoms with van der Waals surface area (Å²) in [6, 6.07) is 2.44. The highest BCUT2D eigenvalue weighted by atomic mass is 35.5. The fraction of sp³-hybridized carbons (Fsp3) is 0.333. The molecule has 0 saturated carbocycles. The Morgan fingerprint density at radius 2 is 1.73 bits per heavy atom. The normalized spacial score (nSPS) is 11.0. The predicted octanol–water partition coefficient (Wildman–Crippen LogP) is 2.77. The van der Waals surface area contributed by atoms with Crippen LogP contribution in [0.25, 0.3) is 0 Å². The lowest BCUT2D eigenvalue weighted by molar-refractivity contribution is -0.137. The Hall–Kier alpha value is -0.810. The van der Waals surface area contributed by atoms with Crippen LogP contribution in [0.5, 0.6) is 0 Å². The van der Waals surface area contributed by atoms with Crippen LogP contribution >= 0.6 is 12.4 Å². The van der Waals surface area contributed by atoms with Gasteiger partial charge in [0.1, 0.15) is 5.82 Å². The fourth-order valence-corrected chi connectivity index (χ4v) is 1.13. The topological polar surface area (TPSA) is 26.0 Å². The Morgan fingerprint density at radius 1 is 1.13 bits per heavy atom. The lowest BCUT2D eigenvalue weighted by Crippen LogP contribution is -2.08. The van der Waals surface area contributed by atoms with Gasteiger partial charge in [-0.3, -0.25) is 0 Å². The van der Waals surface area contributed by atoms with Crippen molar-refractivity contribution in [2.45, 2.75) is 12.6 Å². The van der Waals surface area contributed by atoms with Gasteiger partial charge in [-0.25, -0.2) is 4.39 Å². The third kappa shape index (κ3) is 4.05. The van der Waals surface area contributed by atoms with Crippen molar-refractivity contribution in [2.24, 2.45) is 5.73 Å². The molecule has 0 amide bonds. The van der Waals surface area contributed by atoms with Crippen molar-refractivity contribution in [1.82, 2.24) is 0 Å². The molecule has 1 aromatic rings. The van der Waals surface area contributed by atoms with Crippen LogP contribution in [0.2, 0.25) is 0 Å². The molecule has 0 fully saturated rings. The quantitative estimate of drug-likeness (QED) is 0.795. The molecule has 15 heavy (non-hydrogen) atoms. The maximum absolute atomic E-state index is 12.7. The summed E-state index contributed by atoms with van der Waals surface area (Å²) in [4.78, 5) is 0. The molecule has 0 radical (unpaired) electrons. The van der Waals surface area contributed by atoms with Crippen molar-refractivity contribution in [2.75, 3.05) is 6.54 Å². The Morgan fingerprint density at radius 3 is 2.20 bits per heavy atom. The molecule has 0 aromatic heterocycles. The molecule has 0 aliphatic carbocycles. The molecule has 1 nitrogen and oxygen atoms in total. The summed E-state index contributed by atoms with van der Waals surface area (Å²) in [5.74, 6) is -0.886. The smallest absolute Gasteiger partial charge is 0.330 e. The summed E-state index contributed by atoms with van der Waals surface area (Å²) in [7, 11) is 0. The summed E-state index contributed by atoms with van der Waals surface area (Å²) >= 11 is 0. The minimum absolute atomic E-state index is 0. The molecule has 0 bridgehead atoms. The maximum atomic E-state index is 12.7. The molecule has 1 rings (SSSR count). The Bertz CT molecular complexity index is 324. The van der Waals surface area contributed by atoms with E-state index in [2.05, 4.69) is 0 Å². The van der Waals surface area contributed by atoms with Gasteiger partial charge in [-0.05, 0) is 36.7 Å². The van der Waals surface area contributed by atoms with E-state index < -0.39 is 17.6 Å². The van der Waals surface area contributed by atoms with E-state index in [1.165, 1.54) is 0 Å². The highest BCUT2D eigenvalue weighted by Crippen LogP contribution is 2.30. The molecular weight excluding hydrogens is 234 g/mol. The third-order valence-corrected chi connectivity index (χ3v) is 1.72. The number of rotatable bonds is 2. The van der Waals surface area contributed by atoms with Crippen molar-refractivity contribution in [1.29, 1.82) is 0 Å². The molecule has 86 valence electrons.